The van der Waals surface area contributed by atoms with Crippen molar-refractivity contribution in [2.24, 2.45) is 0 Å². The number of aliphatic hydroxyl groups is 1. The second-order valence-corrected chi connectivity index (χ2v) is 6.57. The first kappa shape index (κ1) is 16.1. The fraction of sp³-hybridized carbons (Fsp3) is 0.263. The third-order valence-corrected chi connectivity index (χ3v) is 4.64. The Bertz CT molecular complexity index is 872. The number of nitrogens with zero attached hydrogens (tertiary/aromatic N) is 3. The van der Waals surface area contributed by atoms with Gasteiger partial charge in [0.25, 0.3) is 0 Å². The van der Waals surface area contributed by atoms with Crippen LogP contribution in [0.3, 0.4) is 0 Å². The second kappa shape index (κ2) is 6.86. The summed E-state index contributed by atoms with van der Waals surface area (Å²) in [5.41, 5.74) is 1.73. The molecule has 2 aromatic carbocycles. The molecule has 4 rings (SSSR count). The quantitative estimate of drug-likeness (QED) is 0.781. The van der Waals surface area contributed by atoms with E-state index in [1.807, 2.05) is 36.4 Å². The molecule has 1 aromatic heterocycles. The third-order valence-electron chi connectivity index (χ3n) is 4.39. The smallest absolute Gasteiger partial charge is 0.147 e. The molecule has 25 heavy (non-hydrogen) atoms. The Balaban J connectivity index is 1.53. The molecule has 6 heteroatoms. The number of ether oxygens (including phenoxy) is 1. The highest BCUT2D eigenvalue weighted by molar-refractivity contribution is 6.30. The summed E-state index contributed by atoms with van der Waals surface area (Å²) in [5.74, 6) is 1.50. The molecule has 0 spiro atoms. The molecule has 2 atom stereocenters. The molecule has 1 N–H and O–H groups in total. The molecule has 0 aliphatic carbocycles. The molecule has 0 saturated carbocycles. The average molecular weight is 356 g/mol. The number of rotatable bonds is 3. The SMILES string of the molecule is O[C@@H]1CCN(c2cnc3ccccc3n2)C[C@H]1Oc1ccc(Cl)cc1. The van der Waals surface area contributed by atoms with Crippen LogP contribution in [-0.4, -0.2) is 40.4 Å². The molecule has 1 aliphatic rings. The van der Waals surface area contributed by atoms with Crippen molar-refractivity contribution in [1.82, 2.24) is 9.97 Å². The lowest BCUT2D eigenvalue weighted by Gasteiger charge is -2.36. The summed E-state index contributed by atoms with van der Waals surface area (Å²) in [6.07, 6.45) is 1.55. The third kappa shape index (κ3) is 3.52. The van der Waals surface area contributed by atoms with Crippen LogP contribution in [0.1, 0.15) is 6.42 Å². The molecule has 0 bridgehead atoms. The van der Waals surface area contributed by atoms with Crippen LogP contribution < -0.4 is 9.64 Å². The molecule has 128 valence electrons. The minimum Gasteiger partial charge on any atom is -0.486 e. The number of anilines is 1. The van der Waals surface area contributed by atoms with Gasteiger partial charge in [-0.25, -0.2) is 4.98 Å². The highest BCUT2D eigenvalue weighted by atomic mass is 35.5. The molecular formula is C19H18ClN3O2. The van der Waals surface area contributed by atoms with Gasteiger partial charge in [-0.05, 0) is 42.8 Å². The summed E-state index contributed by atoms with van der Waals surface area (Å²) < 4.78 is 5.96. The van der Waals surface area contributed by atoms with Crippen molar-refractivity contribution in [3.63, 3.8) is 0 Å². The Hall–Kier alpha value is -2.37. The topological polar surface area (TPSA) is 58.5 Å². The fourth-order valence-electron chi connectivity index (χ4n) is 3.02. The fourth-order valence-corrected chi connectivity index (χ4v) is 3.14. The van der Waals surface area contributed by atoms with E-state index in [0.29, 0.717) is 30.3 Å². The van der Waals surface area contributed by atoms with Crippen molar-refractivity contribution in [1.29, 1.82) is 0 Å². The number of benzene rings is 2. The molecule has 2 heterocycles. The van der Waals surface area contributed by atoms with Crippen LogP contribution in [0.4, 0.5) is 5.82 Å². The monoisotopic (exact) mass is 355 g/mol. The van der Waals surface area contributed by atoms with Gasteiger partial charge in [-0.2, -0.15) is 0 Å². The van der Waals surface area contributed by atoms with E-state index in [0.717, 1.165) is 16.9 Å². The molecule has 3 aromatic rings. The summed E-state index contributed by atoms with van der Waals surface area (Å²) in [6.45, 7) is 1.27. The zero-order valence-corrected chi connectivity index (χ0v) is 14.3. The van der Waals surface area contributed by atoms with Crippen LogP contribution in [0.5, 0.6) is 5.75 Å². The number of aliphatic hydroxyl groups excluding tert-OH is 1. The molecule has 1 aliphatic heterocycles. The first-order chi connectivity index (χ1) is 12.2. The van der Waals surface area contributed by atoms with Crippen LogP contribution in [0.2, 0.25) is 5.02 Å². The Kier molecular flexibility index (Phi) is 4.42. The van der Waals surface area contributed by atoms with Crippen LogP contribution in [-0.2, 0) is 0 Å². The summed E-state index contributed by atoms with van der Waals surface area (Å²) in [7, 11) is 0. The van der Waals surface area contributed by atoms with E-state index in [1.165, 1.54) is 0 Å². The Morgan fingerprint density at radius 2 is 1.84 bits per heavy atom. The summed E-state index contributed by atoms with van der Waals surface area (Å²) in [4.78, 5) is 11.3. The maximum absolute atomic E-state index is 10.3. The zero-order valence-electron chi connectivity index (χ0n) is 13.5. The van der Waals surface area contributed by atoms with Crippen molar-refractivity contribution >= 4 is 28.5 Å². The summed E-state index contributed by atoms with van der Waals surface area (Å²) in [5, 5.41) is 11.0. The Morgan fingerprint density at radius 3 is 2.64 bits per heavy atom. The average Bonchev–Trinajstić information content (AvgIpc) is 2.65. The minimum absolute atomic E-state index is 0.330. The van der Waals surface area contributed by atoms with Crippen molar-refractivity contribution in [3.05, 3.63) is 59.8 Å². The van der Waals surface area contributed by atoms with Gasteiger partial charge in [0.2, 0.25) is 0 Å². The van der Waals surface area contributed by atoms with Crippen LogP contribution in [0.15, 0.2) is 54.7 Å². The van der Waals surface area contributed by atoms with Crippen molar-refractivity contribution in [2.75, 3.05) is 18.0 Å². The van der Waals surface area contributed by atoms with Gasteiger partial charge in [0.15, 0.2) is 0 Å². The highest BCUT2D eigenvalue weighted by Crippen LogP contribution is 2.24. The number of para-hydroxylation sites is 2. The van der Waals surface area contributed by atoms with E-state index < -0.39 is 6.10 Å². The van der Waals surface area contributed by atoms with E-state index in [4.69, 9.17) is 16.3 Å². The maximum atomic E-state index is 10.3. The summed E-state index contributed by atoms with van der Waals surface area (Å²) in [6, 6.07) is 15.0. The molecule has 0 amide bonds. The molecule has 1 fully saturated rings. The van der Waals surface area contributed by atoms with Gasteiger partial charge in [-0.1, -0.05) is 23.7 Å². The van der Waals surface area contributed by atoms with Crippen molar-refractivity contribution in [3.8, 4) is 5.75 Å². The van der Waals surface area contributed by atoms with Gasteiger partial charge in [0.05, 0.1) is 29.9 Å². The van der Waals surface area contributed by atoms with Gasteiger partial charge >= 0.3 is 0 Å². The number of fused-ring (bicyclic) bond motifs is 1. The first-order valence-corrected chi connectivity index (χ1v) is 8.64. The largest absolute Gasteiger partial charge is 0.486 e. The van der Waals surface area contributed by atoms with Crippen LogP contribution >= 0.6 is 11.6 Å². The lowest BCUT2D eigenvalue weighted by molar-refractivity contribution is 0.0233. The second-order valence-electron chi connectivity index (χ2n) is 6.13. The first-order valence-electron chi connectivity index (χ1n) is 8.26. The summed E-state index contributed by atoms with van der Waals surface area (Å²) >= 11 is 5.91. The van der Waals surface area contributed by atoms with Crippen molar-refractivity contribution in [2.45, 2.75) is 18.6 Å². The molecule has 5 nitrogen and oxygen atoms in total. The van der Waals surface area contributed by atoms with Gasteiger partial charge < -0.3 is 14.7 Å². The number of aromatic nitrogens is 2. The van der Waals surface area contributed by atoms with Crippen molar-refractivity contribution < 1.29 is 9.84 Å². The van der Waals surface area contributed by atoms with Gasteiger partial charge in [0.1, 0.15) is 17.7 Å². The van der Waals surface area contributed by atoms with Gasteiger partial charge in [-0.15, -0.1) is 0 Å². The lowest BCUT2D eigenvalue weighted by atomic mass is 10.0. The van der Waals surface area contributed by atoms with E-state index in [-0.39, 0.29) is 6.10 Å². The van der Waals surface area contributed by atoms with Gasteiger partial charge in [0, 0.05) is 11.6 Å². The van der Waals surface area contributed by atoms with E-state index in [1.54, 1.807) is 18.3 Å². The van der Waals surface area contributed by atoms with Crippen LogP contribution in [0, 0.1) is 0 Å². The number of halogens is 1. The van der Waals surface area contributed by atoms with E-state index in [9.17, 15) is 5.11 Å². The highest BCUT2D eigenvalue weighted by Gasteiger charge is 2.30. The molecular weight excluding hydrogens is 338 g/mol. The molecule has 0 unspecified atom stereocenters. The Labute approximate surface area is 150 Å². The number of hydrogen-bond acceptors (Lipinski definition) is 5. The molecule has 1 saturated heterocycles. The van der Waals surface area contributed by atoms with E-state index >= 15 is 0 Å². The number of hydrogen-bond donors (Lipinski definition) is 1. The van der Waals surface area contributed by atoms with Crippen LogP contribution in [0.25, 0.3) is 11.0 Å². The van der Waals surface area contributed by atoms with E-state index in [2.05, 4.69) is 14.9 Å². The maximum Gasteiger partial charge on any atom is 0.147 e. The predicted molar refractivity (Wildman–Crippen MR) is 98.2 cm³/mol. The predicted octanol–water partition coefficient (Wildman–Crippen LogP) is 3.30. The zero-order chi connectivity index (χ0) is 17.2. The number of piperidine rings is 1. The minimum atomic E-state index is -0.514. The standard InChI is InChI=1S/C19H18ClN3O2/c20-13-5-7-14(8-6-13)25-18-12-23(10-9-17(18)24)19-11-21-15-3-1-2-4-16(15)22-19/h1-8,11,17-18,24H,9-10,12H2/t17-,18-/m1/s1. The molecule has 0 radical (unpaired) electrons. The van der Waals surface area contributed by atoms with Gasteiger partial charge in [-0.3, -0.25) is 4.98 Å². The Morgan fingerprint density at radius 1 is 1.08 bits per heavy atom. The normalized spacial score (nSPS) is 20.6. The lowest BCUT2D eigenvalue weighted by Crippen LogP contribution is -2.49.